The minimum Gasteiger partial charge on any atom is -0.369 e. The van der Waals surface area contributed by atoms with Crippen LogP contribution in [0.25, 0.3) is 22.3 Å². The van der Waals surface area contributed by atoms with Crippen molar-refractivity contribution >= 4 is 16.7 Å². The Hall–Kier alpha value is -3.25. The summed E-state index contributed by atoms with van der Waals surface area (Å²) in [4.78, 5) is 17.4. The van der Waals surface area contributed by atoms with Gasteiger partial charge in [-0.2, -0.15) is 0 Å². The average Bonchev–Trinajstić information content (AvgIpc) is 3.17. The minimum atomic E-state index is 0.747. The monoisotopic (exact) mass is 384 g/mol. The Morgan fingerprint density at radius 3 is 3.00 bits per heavy atom. The summed E-state index contributed by atoms with van der Waals surface area (Å²) in [7, 11) is 0. The summed E-state index contributed by atoms with van der Waals surface area (Å²) in [6.07, 6.45) is 7.64. The molecule has 3 N–H and O–H groups in total. The molecule has 0 spiro atoms. The van der Waals surface area contributed by atoms with Gasteiger partial charge in [0.1, 0.15) is 5.82 Å². The summed E-state index contributed by atoms with van der Waals surface area (Å²) in [5, 5.41) is 8.30. The summed E-state index contributed by atoms with van der Waals surface area (Å²) in [6.45, 7) is 4.61. The van der Waals surface area contributed by atoms with Gasteiger partial charge in [0.15, 0.2) is 5.82 Å². The third kappa shape index (κ3) is 3.59. The minimum absolute atomic E-state index is 0.747. The van der Waals surface area contributed by atoms with Crippen LogP contribution in [0.5, 0.6) is 0 Å². The molecule has 4 aromatic rings. The molecule has 0 amide bonds. The summed E-state index contributed by atoms with van der Waals surface area (Å²) < 4.78 is 0. The molecule has 0 aliphatic carbocycles. The number of pyridine rings is 1. The van der Waals surface area contributed by atoms with Crippen molar-refractivity contribution in [3.63, 3.8) is 0 Å². The number of aromatic nitrogens is 4. The first-order valence-corrected chi connectivity index (χ1v) is 10.1. The van der Waals surface area contributed by atoms with Gasteiger partial charge in [0.25, 0.3) is 0 Å². The maximum absolute atomic E-state index is 4.87. The molecular weight excluding hydrogens is 360 g/mol. The fraction of sp³-hybridized carbons (Fsp3) is 0.261. The third-order valence-corrected chi connectivity index (χ3v) is 5.43. The number of aromatic amines is 1. The Kier molecular flexibility index (Phi) is 4.69. The Morgan fingerprint density at radius 2 is 2.07 bits per heavy atom. The van der Waals surface area contributed by atoms with Crippen molar-refractivity contribution < 1.29 is 0 Å². The molecule has 0 bridgehead atoms. The van der Waals surface area contributed by atoms with Crippen molar-refractivity contribution in [3.8, 4) is 11.4 Å². The van der Waals surface area contributed by atoms with Crippen LogP contribution in [0.1, 0.15) is 22.4 Å². The van der Waals surface area contributed by atoms with E-state index < -0.39 is 0 Å². The molecule has 0 saturated carbocycles. The molecule has 146 valence electrons. The highest BCUT2D eigenvalue weighted by Gasteiger charge is 2.18. The molecule has 0 atom stereocenters. The molecule has 0 fully saturated rings. The molecule has 4 heterocycles. The van der Waals surface area contributed by atoms with Crippen molar-refractivity contribution in [1.82, 2.24) is 25.3 Å². The van der Waals surface area contributed by atoms with Crippen molar-refractivity contribution in [3.05, 3.63) is 71.3 Å². The molecule has 0 unspecified atom stereocenters. The summed E-state index contributed by atoms with van der Waals surface area (Å²) in [5.74, 6) is 1.68. The van der Waals surface area contributed by atoms with Gasteiger partial charge in [-0.05, 0) is 36.6 Å². The standard InChI is InChI=1S/C23H24N6/c1-15-10-17(12-25-11-15)22-28-21-7-8-24-14-19(21)23(29-22)26-9-6-16-13-27-20-5-3-2-4-18(16)20/h2-5,10-13,24,27H,6-9,14H2,1H3,(H,26,28,29). The summed E-state index contributed by atoms with van der Waals surface area (Å²) in [6, 6.07) is 10.5. The zero-order chi connectivity index (χ0) is 19.6. The van der Waals surface area contributed by atoms with Gasteiger partial charge in [-0.15, -0.1) is 0 Å². The number of anilines is 1. The van der Waals surface area contributed by atoms with Gasteiger partial charge in [-0.1, -0.05) is 18.2 Å². The highest BCUT2D eigenvalue weighted by atomic mass is 15.1. The van der Waals surface area contributed by atoms with E-state index in [2.05, 4.69) is 57.1 Å². The average molecular weight is 384 g/mol. The number of benzene rings is 1. The SMILES string of the molecule is Cc1cncc(-c2nc3c(c(NCCc4c[nH]c5ccccc45)n2)CNCC3)c1. The summed E-state index contributed by atoms with van der Waals surface area (Å²) in [5.41, 5.74) is 6.88. The number of hydrogen-bond donors (Lipinski definition) is 3. The lowest BCUT2D eigenvalue weighted by molar-refractivity contribution is 0.628. The Labute approximate surface area is 169 Å². The zero-order valence-electron chi connectivity index (χ0n) is 16.5. The van der Waals surface area contributed by atoms with E-state index in [1.807, 2.05) is 19.3 Å². The van der Waals surface area contributed by atoms with Gasteiger partial charge >= 0.3 is 0 Å². The molecule has 6 nitrogen and oxygen atoms in total. The van der Waals surface area contributed by atoms with Crippen molar-refractivity contribution in [2.45, 2.75) is 26.3 Å². The fourth-order valence-electron chi connectivity index (χ4n) is 3.95. The van der Waals surface area contributed by atoms with Gasteiger partial charge in [-0.25, -0.2) is 9.97 Å². The van der Waals surface area contributed by atoms with Gasteiger partial charge in [0.05, 0.1) is 5.69 Å². The van der Waals surface area contributed by atoms with E-state index in [1.54, 1.807) is 0 Å². The number of hydrogen-bond acceptors (Lipinski definition) is 5. The number of para-hydroxylation sites is 1. The van der Waals surface area contributed by atoms with Gasteiger partial charge in [0, 0.05) is 66.7 Å². The van der Waals surface area contributed by atoms with E-state index >= 15 is 0 Å². The Balaban J connectivity index is 1.42. The first-order valence-electron chi connectivity index (χ1n) is 10.1. The topological polar surface area (TPSA) is 78.5 Å². The van der Waals surface area contributed by atoms with Gasteiger partial charge in [0.2, 0.25) is 0 Å². The molecule has 5 rings (SSSR count). The molecule has 1 aliphatic rings. The van der Waals surface area contributed by atoms with Crippen LogP contribution in [-0.2, 0) is 19.4 Å². The second-order valence-corrected chi connectivity index (χ2v) is 7.54. The van der Waals surface area contributed by atoms with E-state index in [-0.39, 0.29) is 0 Å². The fourth-order valence-corrected chi connectivity index (χ4v) is 3.95. The van der Waals surface area contributed by atoms with Crippen molar-refractivity contribution in [2.75, 3.05) is 18.4 Å². The van der Waals surface area contributed by atoms with E-state index in [0.717, 1.165) is 60.9 Å². The lowest BCUT2D eigenvalue weighted by atomic mass is 10.1. The van der Waals surface area contributed by atoms with Crippen LogP contribution >= 0.6 is 0 Å². The van der Waals surface area contributed by atoms with Crippen LogP contribution < -0.4 is 10.6 Å². The summed E-state index contributed by atoms with van der Waals surface area (Å²) >= 11 is 0. The van der Waals surface area contributed by atoms with Crippen LogP contribution in [0, 0.1) is 6.92 Å². The zero-order valence-corrected chi connectivity index (χ0v) is 16.5. The normalized spacial score (nSPS) is 13.4. The molecule has 6 heteroatoms. The lowest BCUT2D eigenvalue weighted by Gasteiger charge is -2.21. The predicted octanol–water partition coefficient (Wildman–Crippen LogP) is 3.63. The Bertz CT molecular complexity index is 1160. The molecule has 0 radical (unpaired) electrons. The smallest absolute Gasteiger partial charge is 0.163 e. The van der Waals surface area contributed by atoms with Crippen molar-refractivity contribution in [2.24, 2.45) is 0 Å². The molecule has 3 aromatic heterocycles. The largest absolute Gasteiger partial charge is 0.369 e. The van der Waals surface area contributed by atoms with Gasteiger partial charge < -0.3 is 15.6 Å². The highest BCUT2D eigenvalue weighted by Crippen LogP contribution is 2.25. The number of rotatable bonds is 5. The highest BCUT2D eigenvalue weighted by molar-refractivity contribution is 5.83. The number of nitrogens with one attached hydrogen (secondary N) is 3. The molecule has 1 aromatic carbocycles. The molecular formula is C23H24N6. The number of aryl methyl sites for hydroxylation is 1. The van der Waals surface area contributed by atoms with Crippen LogP contribution in [0.15, 0.2) is 48.9 Å². The molecule has 0 saturated heterocycles. The van der Waals surface area contributed by atoms with Crippen LogP contribution in [0.4, 0.5) is 5.82 Å². The first kappa shape index (κ1) is 17.8. The third-order valence-electron chi connectivity index (χ3n) is 5.43. The maximum atomic E-state index is 4.87. The first-order chi connectivity index (χ1) is 14.3. The molecule has 29 heavy (non-hydrogen) atoms. The van der Waals surface area contributed by atoms with Crippen LogP contribution in [0.3, 0.4) is 0 Å². The predicted molar refractivity (Wildman–Crippen MR) is 116 cm³/mol. The van der Waals surface area contributed by atoms with E-state index in [0.29, 0.717) is 0 Å². The van der Waals surface area contributed by atoms with E-state index in [9.17, 15) is 0 Å². The quantitative estimate of drug-likeness (QED) is 0.490. The van der Waals surface area contributed by atoms with Crippen molar-refractivity contribution in [1.29, 1.82) is 0 Å². The van der Waals surface area contributed by atoms with E-state index in [1.165, 1.54) is 22.0 Å². The Morgan fingerprint density at radius 1 is 1.14 bits per heavy atom. The maximum Gasteiger partial charge on any atom is 0.163 e. The second-order valence-electron chi connectivity index (χ2n) is 7.54. The number of fused-ring (bicyclic) bond motifs is 2. The van der Waals surface area contributed by atoms with E-state index in [4.69, 9.17) is 9.97 Å². The molecule has 1 aliphatic heterocycles. The second kappa shape index (κ2) is 7.64. The number of nitrogens with zero attached hydrogens (tertiary/aromatic N) is 3. The van der Waals surface area contributed by atoms with Gasteiger partial charge in [-0.3, -0.25) is 4.98 Å². The number of H-pyrrole nitrogens is 1. The lowest BCUT2D eigenvalue weighted by Crippen LogP contribution is -2.27. The van der Waals surface area contributed by atoms with Crippen LogP contribution in [-0.4, -0.2) is 33.0 Å². The van der Waals surface area contributed by atoms with Crippen LogP contribution in [0.2, 0.25) is 0 Å².